The molecule has 1 N–H and O–H groups in total. The molecule has 4 rings (SSSR count). The molecule has 0 unspecified atom stereocenters. The number of rotatable bonds is 7. The van der Waals surface area contributed by atoms with Crippen LogP contribution in [0.25, 0.3) is 0 Å². The minimum atomic E-state index is -0.180. The van der Waals surface area contributed by atoms with Crippen LogP contribution >= 0.6 is 23.5 Å². The van der Waals surface area contributed by atoms with E-state index in [1.165, 1.54) is 23.5 Å². The lowest BCUT2D eigenvalue weighted by Crippen LogP contribution is -2.21. The van der Waals surface area contributed by atoms with E-state index in [2.05, 4.69) is 22.5 Å². The van der Waals surface area contributed by atoms with E-state index in [1.54, 1.807) is 6.20 Å². The Labute approximate surface area is 179 Å². The monoisotopic (exact) mass is 425 g/mol. The largest absolute Gasteiger partial charge is 0.484 e. The van der Waals surface area contributed by atoms with Gasteiger partial charge >= 0.3 is 0 Å². The second-order valence-electron chi connectivity index (χ2n) is 6.69. The smallest absolute Gasteiger partial charge is 0.262 e. The number of carbonyl (C=O) groups excluding carboxylic acids is 1. The lowest BCUT2D eigenvalue weighted by Gasteiger charge is -2.21. The van der Waals surface area contributed by atoms with Crippen LogP contribution in [0.2, 0.25) is 0 Å². The molecule has 1 aromatic heterocycles. The first-order valence-corrected chi connectivity index (χ1v) is 11.7. The molecule has 0 aliphatic carbocycles. The summed E-state index contributed by atoms with van der Waals surface area (Å²) in [5.41, 5.74) is 3.08. The molecule has 1 aliphatic rings. The van der Waals surface area contributed by atoms with Crippen LogP contribution in [-0.4, -0.2) is 33.8 Å². The molecule has 7 heteroatoms. The maximum atomic E-state index is 12.4. The lowest BCUT2D eigenvalue weighted by atomic mass is 10.1. The number of ether oxygens (including phenoxy) is 1. The van der Waals surface area contributed by atoms with Gasteiger partial charge in [-0.1, -0.05) is 30.3 Å². The van der Waals surface area contributed by atoms with Crippen LogP contribution in [0.4, 0.5) is 5.69 Å². The average Bonchev–Trinajstić information content (AvgIpc) is 3.28. The Balaban J connectivity index is 1.31. The molecular formula is C22H23N3O2S2. The molecule has 0 saturated carbocycles. The molecule has 5 nitrogen and oxygen atoms in total. The van der Waals surface area contributed by atoms with Crippen LogP contribution in [0.3, 0.4) is 0 Å². The number of hydrogen-bond donors (Lipinski definition) is 1. The third kappa shape index (κ3) is 5.58. The number of nitrogens with zero attached hydrogens (tertiary/aromatic N) is 2. The van der Waals surface area contributed by atoms with Gasteiger partial charge < -0.3 is 10.1 Å². The van der Waals surface area contributed by atoms with Gasteiger partial charge in [-0.25, -0.2) is 0 Å². The predicted molar refractivity (Wildman–Crippen MR) is 121 cm³/mol. The van der Waals surface area contributed by atoms with Crippen LogP contribution in [0.1, 0.15) is 22.1 Å². The normalized spacial score (nSPS) is 14.5. The molecule has 1 fully saturated rings. The Hall–Kier alpha value is -2.38. The molecule has 1 saturated heterocycles. The molecule has 0 spiro atoms. The number of thioether (sulfide) groups is 2. The van der Waals surface area contributed by atoms with Crippen LogP contribution in [0.15, 0.2) is 67.0 Å². The van der Waals surface area contributed by atoms with Crippen LogP contribution in [-0.2, 0) is 11.3 Å². The summed E-state index contributed by atoms with van der Waals surface area (Å²) in [5.74, 6) is 2.97. The molecule has 0 radical (unpaired) electrons. The van der Waals surface area contributed by atoms with Gasteiger partial charge in [-0.2, -0.15) is 5.10 Å². The van der Waals surface area contributed by atoms with Crippen LogP contribution in [0, 0.1) is 0 Å². The minimum Gasteiger partial charge on any atom is -0.484 e. The highest BCUT2D eigenvalue weighted by atomic mass is 32.2. The maximum Gasteiger partial charge on any atom is 0.262 e. The van der Waals surface area contributed by atoms with Crippen LogP contribution < -0.4 is 10.1 Å². The van der Waals surface area contributed by atoms with Crippen molar-refractivity contribution in [3.8, 4) is 5.75 Å². The number of anilines is 1. The maximum absolute atomic E-state index is 12.4. The predicted octanol–water partition coefficient (Wildman–Crippen LogP) is 4.82. The number of hydrogen-bond acceptors (Lipinski definition) is 5. The van der Waals surface area contributed by atoms with Gasteiger partial charge in [0.05, 0.1) is 11.1 Å². The summed E-state index contributed by atoms with van der Waals surface area (Å²) >= 11 is 3.99. The highest BCUT2D eigenvalue weighted by Crippen LogP contribution is 2.43. The Kier molecular flexibility index (Phi) is 6.79. The van der Waals surface area contributed by atoms with Gasteiger partial charge in [0.1, 0.15) is 5.75 Å². The number of amides is 1. The number of carbonyl (C=O) groups is 1. The zero-order chi connectivity index (χ0) is 19.9. The second kappa shape index (κ2) is 9.89. The van der Waals surface area contributed by atoms with E-state index in [1.807, 2.05) is 76.9 Å². The third-order valence-electron chi connectivity index (χ3n) is 4.53. The van der Waals surface area contributed by atoms with Crippen molar-refractivity contribution in [2.75, 3.05) is 23.4 Å². The first-order valence-electron chi connectivity index (χ1n) is 9.59. The van der Waals surface area contributed by atoms with Gasteiger partial charge in [0.25, 0.3) is 5.91 Å². The fraction of sp³-hybridized carbons (Fsp3) is 0.273. The van der Waals surface area contributed by atoms with Gasteiger partial charge in [0.2, 0.25) is 0 Å². The summed E-state index contributed by atoms with van der Waals surface area (Å²) in [6.07, 6.45) is 4.93. The standard InChI is InChI=1S/C22H23N3O2S2/c26-21(24-20-6-2-1-5-18(20)15-25-12-3-11-23-25)16-27-19-9-7-17(8-10-19)22-28-13-4-14-29-22/h1-3,5-12,22H,4,13-16H2,(H,24,26). The second-order valence-corrected chi connectivity index (χ2v) is 9.42. The van der Waals surface area contributed by atoms with Gasteiger partial charge in [-0.05, 0) is 53.3 Å². The molecule has 1 aliphatic heterocycles. The average molecular weight is 426 g/mol. The van der Waals surface area contributed by atoms with Crippen molar-refractivity contribution in [3.05, 3.63) is 78.1 Å². The number of aromatic nitrogens is 2. The first kappa shape index (κ1) is 19.9. The van der Waals surface area contributed by atoms with Crippen molar-refractivity contribution in [2.45, 2.75) is 17.5 Å². The lowest BCUT2D eigenvalue weighted by molar-refractivity contribution is -0.118. The zero-order valence-corrected chi connectivity index (χ0v) is 17.6. The van der Waals surface area contributed by atoms with Crippen molar-refractivity contribution in [2.24, 2.45) is 0 Å². The van der Waals surface area contributed by atoms with Crippen molar-refractivity contribution >= 4 is 35.1 Å². The Morgan fingerprint density at radius 3 is 2.66 bits per heavy atom. The van der Waals surface area contributed by atoms with E-state index >= 15 is 0 Å². The summed E-state index contributed by atoms with van der Waals surface area (Å²) in [6, 6.07) is 17.7. The quantitative estimate of drug-likeness (QED) is 0.588. The Morgan fingerprint density at radius 2 is 1.90 bits per heavy atom. The van der Waals surface area contributed by atoms with E-state index in [-0.39, 0.29) is 12.5 Å². The molecule has 1 amide bonds. The third-order valence-corrected chi connectivity index (χ3v) is 7.55. The van der Waals surface area contributed by atoms with Crippen molar-refractivity contribution in [1.82, 2.24) is 9.78 Å². The number of benzene rings is 2. The summed E-state index contributed by atoms with van der Waals surface area (Å²) < 4.78 is 8.02. The molecule has 150 valence electrons. The van der Waals surface area contributed by atoms with Crippen molar-refractivity contribution < 1.29 is 9.53 Å². The fourth-order valence-electron chi connectivity index (χ4n) is 3.09. The van der Waals surface area contributed by atoms with E-state index in [9.17, 15) is 4.79 Å². The minimum absolute atomic E-state index is 0.0254. The van der Waals surface area contributed by atoms with E-state index in [0.29, 0.717) is 16.9 Å². The number of para-hydroxylation sites is 1. The molecule has 3 aromatic rings. The summed E-state index contributed by atoms with van der Waals surface area (Å²) in [6.45, 7) is 0.575. The Morgan fingerprint density at radius 1 is 1.10 bits per heavy atom. The molecule has 29 heavy (non-hydrogen) atoms. The Bertz CT molecular complexity index is 923. The molecule has 0 atom stereocenters. The van der Waals surface area contributed by atoms with Crippen LogP contribution in [0.5, 0.6) is 5.75 Å². The topological polar surface area (TPSA) is 56.1 Å². The highest BCUT2D eigenvalue weighted by molar-refractivity contribution is 8.16. The molecule has 0 bridgehead atoms. The van der Waals surface area contributed by atoms with E-state index in [4.69, 9.17) is 4.74 Å². The SMILES string of the molecule is O=C(COc1ccc(C2SCCCS2)cc1)Nc1ccccc1Cn1cccn1. The van der Waals surface area contributed by atoms with Gasteiger partial charge in [-0.3, -0.25) is 9.48 Å². The highest BCUT2D eigenvalue weighted by Gasteiger charge is 2.16. The number of nitrogens with one attached hydrogen (secondary N) is 1. The molecular weight excluding hydrogens is 402 g/mol. The van der Waals surface area contributed by atoms with E-state index in [0.717, 1.165) is 11.3 Å². The first-order chi connectivity index (χ1) is 14.3. The summed E-state index contributed by atoms with van der Waals surface area (Å²) in [7, 11) is 0. The van der Waals surface area contributed by atoms with Crippen molar-refractivity contribution in [1.29, 1.82) is 0 Å². The fourth-order valence-corrected chi connectivity index (χ4v) is 5.98. The molecule has 2 aromatic carbocycles. The van der Waals surface area contributed by atoms with Gasteiger partial charge in [0.15, 0.2) is 6.61 Å². The zero-order valence-electron chi connectivity index (χ0n) is 16.0. The van der Waals surface area contributed by atoms with E-state index < -0.39 is 0 Å². The van der Waals surface area contributed by atoms with Gasteiger partial charge in [-0.15, -0.1) is 23.5 Å². The summed E-state index contributed by atoms with van der Waals surface area (Å²) in [5, 5.41) is 7.17. The van der Waals surface area contributed by atoms with Gasteiger partial charge in [0, 0.05) is 18.1 Å². The van der Waals surface area contributed by atoms with Crippen molar-refractivity contribution in [3.63, 3.8) is 0 Å². The summed E-state index contributed by atoms with van der Waals surface area (Å²) in [4.78, 5) is 12.4. The molecule has 2 heterocycles.